The zero-order chi connectivity index (χ0) is 8.97. The largest absolute Gasteiger partial charge is 0.384 e. The molecule has 1 amide bonds. The summed E-state index contributed by atoms with van der Waals surface area (Å²) >= 11 is 0. The summed E-state index contributed by atoms with van der Waals surface area (Å²) in [6, 6.07) is 0. The Morgan fingerprint density at radius 2 is 2.50 bits per heavy atom. The smallest absolute Gasteiger partial charge is 0.226 e. The Bertz CT molecular complexity index is 161. The van der Waals surface area contributed by atoms with Crippen LogP contribution in [-0.4, -0.2) is 37.2 Å². The Kier molecular flexibility index (Phi) is 3.49. The quantitative estimate of drug-likeness (QED) is 0.648. The zero-order valence-electron chi connectivity index (χ0n) is 7.45. The van der Waals surface area contributed by atoms with Gasteiger partial charge in [0.15, 0.2) is 0 Å². The van der Waals surface area contributed by atoms with E-state index in [4.69, 9.17) is 10.5 Å². The van der Waals surface area contributed by atoms with Crippen LogP contribution in [0.25, 0.3) is 0 Å². The average molecular weight is 172 g/mol. The summed E-state index contributed by atoms with van der Waals surface area (Å²) < 4.78 is 4.82. The lowest BCUT2D eigenvalue weighted by molar-refractivity contribution is -0.132. The molecule has 70 valence electrons. The van der Waals surface area contributed by atoms with E-state index in [1.165, 1.54) is 0 Å². The number of methoxy groups -OCH3 is 1. The van der Waals surface area contributed by atoms with Crippen molar-refractivity contribution in [3.05, 3.63) is 0 Å². The monoisotopic (exact) mass is 172 g/mol. The van der Waals surface area contributed by atoms with Gasteiger partial charge in [0.1, 0.15) is 0 Å². The van der Waals surface area contributed by atoms with Crippen molar-refractivity contribution < 1.29 is 9.53 Å². The highest BCUT2D eigenvalue weighted by Gasteiger charge is 2.24. The highest BCUT2D eigenvalue weighted by molar-refractivity contribution is 5.76. The fraction of sp³-hybridized carbons (Fsp3) is 0.875. The van der Waals surface area contributed by atoms with E-state index in [1.807, 2.05) is 0 Å². The SMILES string of the molecule is COCCC(=O)N1CCCC1N. The Morgan fingerprint density at radius 3 is 3.00 bits per heavy atom. The van der Waals surface area contributed by atoms with Crippen LogP contribution >= 0.6 is 0 Å². The zero-order valence-corrected chi connectivity index (χ0v) is 7.45. The lowest BCUT2D eigenvalue weighted by Crippen LogP contribution is -2.41. The lowest BCUT2D eigenvalue weighted by atomic mass is 10.3. The van der Waals surface area contributed by atoms with Crippen molar-refractivity contribution in [2.24, 2.45) is 5.73 Å². The molecule has 0 aromatic carbocycles. The number of carbonyl (C=O) groups excluding carboxylic acids is 1. The van der Waals surface area contributed by atoms with E-state index < -0.39 is 0 Å². The predicted octanol–water partition coefficient (Wildman–Crippen LogP) is -0.0699. The molecule has 0 bridgehead atoms. The van der Waals surface area contributed by atoms with Crippen molar-refractivity contribution in [3.8, 4) is 0 Å². The first-order chi connectivity index (χ1) is 5.75. The van der Waals surface area contributed by atoms with E-state index in [0.29, 0.717) is 13.0 Å². The summed E-state index contributed by atoms with van der Waals surface area (Å²) in [6.07, 6.45) is 2.34. The topological polar surface area (TPSA) is 55.6 Å². The standard InChI is InChI=1S/C8H16N2O2/c1-12-6-4-8(11)10-5-2-3-7(10)9/h7H,2-6,9H2,1H3. The molecule has 2 N–H and O–H groups in total. The van der Waals surface area contributed by atoms with Gasteiger partial charge in [-0.15, -0.1) is 0 Å². The van der Waals surface area contributed by atoms with Crippen LogP contribution in [0.15, 0.2) is 0 Å². The molecule has 4 heteroatoms. The molecule has 1 fully saturated rings. The molecule has 1 rings (SSSR count). The third-order valence-electron chi connectivity index (χ3n) is 2.14. The lowest BCUT2D eigenvalue weighted by Gasteiger charge is -2.20. The van der Waals surface area contributed by atoms with Crippen LogP contribution in [-0.2, 0) is 9.53 Å². The first-order valence-corrected chi connectivity index (χ1v) is 4.29. The molecule has 12 heavy (non-hydrogen) atoms. The maximum absolute atomic E-state index is 11.4. The normalized spacial score (nSPS) is 23.2. The Labute approximate surface area is 72.7 Å². The van der Waals surface area contributed by atoms with Gasteiger partial charge in [-0.05, 0) is 12.8 Å². The van der Waals surface area contributed by atoms with E-state index in [0.717, 1.165) is 19.4 Å². The van der Waals surface area contributed by atoms with Crippen LogP contribution in [0, 0.1) is 0 Å². The highest BCUT2D eigenvalue weighted by Crippen LogP contribution is 2.13. The Morgan fingerprint density at radius 1 is 1.75 bits per heavy atom. The number of ether oxygens (including phenoxy) is 1. The minimum absolute atomic E-state index is 0.0608. The second-order valence-corrected chi connectivity index (χ2v) is 3.04. The molecule has 0 saturated carbocycles. The second-order valence-electron chi connectivity index (χ2n) is 3.04. The molecular weight excluding hydrogens is 156 g/mol. The van der Waals surface area contributed by atoms with Crippen LogP contribution in [0.1, 0.15) is 19.3 Å². The Hall–Kier alpha value is -0.610. The van der Waals surface area contributed by atoms with Gasteiger partial charge in [-0.25, -0.2) is 0 Å². The summed E-state index contributed by atoms with van der Waals surface area (Å²) in [5, 5.41) is 0. The second kappa shape index (κ2) is 4.42. The van der Waals surface area contributed by atoms with Crippen molar-refractivity contribution in [1.82, 2.24) is 4.90 Å². The van der Waals surface area contributed by atoms with Crippen molar-refractivity contribution in [3.63, 3.8) is 0 Å². The number of carbonyl (C=O) groups is 1. The third-order valence-corrected chi connectivity index (χ3v) is 2.14. The summed E-state index contributed by atoms with van der Waals surface area (Å²) in [5.41, 5.74) is 5.72. The van der Waals surface area contributed by atoms with Crippen molar-refractivity contribution in [2.75, 3.05) is 20.3 Å². The average Bonchev–Trinajstić information content (AvgIpc) is 2.47. The summed E-state index contributed by atoms with van der Waals surface area (Å²) in [7, 11) is 1.59. The first-order valence-electron chi connectivity index (χ1n) is 4.29. The van der Waals surface area contributed by atoms with Gasteiger partial charge in [-0.2, -0.15) is 0 Å². The van der Waals surface area contributed by atoms with Gasteiger partial charge in [0.05, 0.1) is 19.2 Å². The van der Waals surface area contributed by atoms with E-state index >= 15 is 0 Å². The van der Waals surface area contributed by atoms with Gasteiger partial charge in [-0.1, -0.05) is 0 Å². The molecule has 1 heterocycles. The molecule has 1 aliphatic heterocycles. The maximum atomic E-state index is 11.4. The van der Waals surface area contributed by atoms with E-state index in [1.54, 1.807) is 12.0 Å². The fourth-order valence-electron chi connectivity index (χ4n) is 1.44. The first kappa shape index (κ1) is 9.48. The van der Waals surface area contributed by atoms with Crippen LogP contribution in [0.3, 0.4) is 0 Å². The fourth-order valence-corrected chi connectivity index (χ4v) is 1.44. The molecular formula is C8H16N2O2. The number of amides is 1. The van der Waals surface area contributed by atoms with Crippen LogP contribution in [0.2, 0.25) is 0 Å². The number of rotatable bonds is 3. The molecule has 1 saturated heterocycles. The van der Waals surface area contributed by atoms with Gasteiger partial charge < -0.3 is 15.4 Å². The number of nitrogens with two attached hydrogens (primary N) is 1. The summed E-state index contributed by atoms with van der Waals surface area (Å²) in [5.74, 6) is 0.113. The van der Waals surface area contributed by atoms with Gasteiger partial charge in [0.25, 0.3) is 0 Å². The predicted molar refractivity (Wildman–Crippen MR) is 45.4 cm³/mol. The van der Waals surface area contributed by atoms with Gasteiger partial charge in [0.2, 0.25) is 5.91 Å². The molecule has 4 nitrogen and oxygen atoms in total. The van der Waals surface area contributed by atoms with Crippen molar-refractivity contribution >= 4 is 5.91 Å². The van der Waals surface area contributed by atoms with Crippen LogP contribution in [0.5, 0.6) is 0 Å². The summed E-state index contributed by atoms with van der Waals surface area (Å²) in [6.45, 7) is 1.30. The number of hydrogen-bond acceptors (Lipinski definition) is 3. The Balaban J connectivity index is 2.30. The molecule has 1 atom stereocenters. The van der Waals surface area contributed by atoms with Gasteiger partial charge in [-0.3, -0.25) is 4.79 Å². The molecule has 0 radical (unpaired) electrons. The van der Waals surface area contributed by atoms with Gasteiger partial charge >= 0.3 is 0 Å². The minimum atomic E-state index is -0.0608. The maximum Gasteiger partial charge on any atom is 0.226 e. The van der Waals surface area contributed by atoms with E-state index in [2.05, 4.69) is 0 Å². The van der Waals surface area contributed by atoms with Gasteiger partial charge in [0, 0.05) is 13.7 Å². The van der Waals surface area contributed by atoms with Crippen molar-refractivity contribution in [1.29, 1.82) is 0 Å². The third kappa shape index (κ3) is 2.19. The van der Waals surface area contributed by atoms with Crippen LogP contribution in [0.4, 0.5) is 0 Å². The minimum Gasteiger partial charge on any atom is -0.384 e. The summed E-state index contributed by atoms with van der Waals surface area (Å²) in [4.78, 5) is 13.1. The molecule has 0 spiro atoms. The molecule has 0 aliphatic carbocycles. The van der Waals surface area contributed by atoms with Crippen molar-refractivity contribution in [2.45, 2.75) is 25.4 Å². The number of likely N-dealkylation sites (tertiary alicyclic amines) is 1. The highest BCUT2D eigenvalue weighted by atomic mass is 16.5. The molecule has 1 unspecified atom stereocenters. The van der Waals surface area contributed by atoms with E-state index in [9.17, 15) is 4.79 Å². The molecule has 0 aromatic heterocycles. The number of hydrogen-bond donors (Lipinski definition) is 1. The van der Waals surface area contributed by atoms with Crippen LogP contribution < -0.4 is 5.73 Å². The molecule has 1 aliphatic rings. The molecule has 0 aromatic rings. The van der Waals surface area contributed by atoms with E-state index in [-0.39, 0.29) is 12.1 Å². The number of nitrogens with zero attached hydrogens (tertiary/aromatic N) is 1.